The molecule has 62 valence electrons. The molecule has 3 heteroatoms. The minimum atomic E-state index is 0.681. The Balaban J connectivity index is 2.95. The zero-order chi connectivity index (χ0) is 9.26. The minimum absolute atomic E-state index is 0.681. The van der Waals surface area contributed by atoms with Crippen molar-refractivity contribution in [3.05, 3.63) is 40.6 Å². The highest BCUT2D eigenvalue weighted by Gasteiger charge is 2.02. The number of hydrogen-bond donors (Lipinski definition) is 0. The van der Waals surface area contributed by atoms with Gasteiger partial charge in [0.2, 0.25) is 0 Å². The second-order valence-electron chi connectivity index (χ2n) is 2.63. The Bertz CT molecular complexity index is 500. The highest BCUT2D eigenvalue weighted by molar-refractivity contribution is 9.10. The Morgan fingerprint density at radius 1 is 1.23 bits per heavy atom. The summed E-state index contributed by atoms with van der Waals surface area (Å²) in [5.74, 6) is 0. The van der Waals surface area contributed by atoms with E-state index in [1.807, 2.05) is 12.1 Å². The third-order valence-corrected chi connectivity index (χ3v) is 2.58. The molecule has 0 aliphatic carbocycles. The summed E-state index contributed by atoms with van der Waals surface area (Å²) in [5, 5.41) is 10.8. The van der Waals surface area contributed by atoms with Crippen LogP contribution in [0.15, 0.2) is 35.1 Å². The number of halogens is 1. The molecule has 2 nitrogen and oxygen atoms in total. The Labute approximate surface area is 84.0 Å². The Kier molecular flexibility index (Phi) is 1.99. The molecular weight excluding hydrogens is 228 g/mol. The molecule has 0 saturated carbocycles. The Morgan fingerprint density at radius 2 is 2.08 bits per heavy atom. The Morgan fingerprint density at radius 3 is 2.85 bits per heavy atom. The van der Waals surface area contributed by atoms with E-state index in [2.05, 4.69) is 27.0 Å². The maximum absolute atomic E-state index is 8.84. The molecule has 0 radical (unpaired) electrons. The van der Waals surface area contributed by atoms with Gasteiger partial charge in [-0.1, -0.05) is 15.9 Å². The van der Waals surface area contributed by atoms with E-state index in [1.165, 1.54) is 0 Å². The van der Waals surface area contributed by atoms with Crippen LogP contribution in [0.5, 0.6) is 0 Å². The number of nitrogens with zero attached hydrogens (tertiary/aromatic N) is 2. The minimum Gasteiger partial charge on any atom is -0.264 e. The number of aromatic nitrogens is 1. The second-order valence-corrected chi connectivity index (χ2v) is 3.48. The number of fused-ring (bicyclic) bond motifs is 1. The van der Waals surface area contributed by atoms with Crippen molar-refractivity contribution in [1.82, 2.24) is 4.98 Å². The van der Waals surface area contributed by atoms with Gasteiger partial charge in [0.15, 0.2) is 0 Å². The molecule has 0 aliphatic rings. The molecule has 0 bridgehead atoms. The molecule has 0 N–H and O–H groups in total. The summed E-state index contributed by atoms with van der Waals surface area (Å²) >= 11 is 3.41. The van der Waals surface area contributed by atoms with E-state index in [9.17, 15) is 0 Å². The van der Waals surface area contributed by atoms with Crippen LogP contribution in [-0.4, -0.2) is 4.98 Å². The van der Waals surface area contributed by atoms with Gasteiger partial charge in [-0.3, -0.25) is 4.98 Å². The first-order chi connectivity index (χ1) is 6.33. The monoisotopic (exact) mass is 232 g/mol. The van der Waals surface area contributed by atoms with Crippen LogP contribution in [0.25, 0.3) is 10.8 Å². The lowest BCUT2D eigenvalue weighted by Crippen LogP contribution is -1.81. The van der Waals surface area contributed by atoms with Crippen LogP contribution in [0.4, 0.5) is 0 Å². The molecule has 2 rings (SSSR count). The fourth-order valence-corrected chi connectivity index (χ4v) is 1.70. The van der Waals surface area contributed by atoms with Crippen LogP contribution in [0.3, 0.4) is 0 Å². The molecule has 1 aromatic heterocycles. The van der Waals surface area contributed by atoms with Crippen molar-refractivity contribution < 1.29 is 0 Å². The van der Waals surface area contributed by atoms with Crippen molar-refractivity contribution in [2.24, 2.45) is 0 Å². The van der Waals surface area contributed by atoms with Gasteiger partial charge < -0.3 is 0 Å². The molecular formula is C10H5BrN2. The highest BCUT2D eigenvalue weighted by Crippen LogP contribution is 2.25. The van der Waals surface area contributed by atoms with Gasteiger partial charge in [-0.25, -0.2) is 0 Å². The van der Waals surface area contributed by atoms with Crippen molar-refractivity contribution >= 4 is 26.7 Å². The zero-order valence-corrected chi connectivity index (χ0v) is 8.25. The summed E-state index contributed by atoms with van der Waals surface area (Å²) in [6, 6.07) is 7.66. The normalized spacial score (nSPS) is 9.85. The SMILES string of the molecule is N#Cc1ccc(Br)c2cnccc12. The average Bonchev–Trinajstić information content (AvgIpc) is 2.19. The van der Waals surface area contributed by atoms with Crippen LogP contribution in [0.2, 0.25) is 0 Å². The molecule has 0 saturated heterocycles. The summed E-state index contributed by atoms with van der Waals surface area (Å²) in [4.78, 5) is 4.01. The molecule has 0 atom stereocenters. The molecule has 13 heavy (non-hydrogen) atoms. The van der Waals surface area contributed by atoms with Crippen LogP contribution in [0, 0.1) is 11.3 Å². The lowest BCUT2D eigenvalue weighted by Gasteiger charge is -2.00. The van der Waals surface area contributed by atoms with Gasteiger partial charge in [0, 0.05) is 27.6 Å². The number of pyridine rings is 1. The molecule has 0 aliphatic heterocycles. The fraction of sp³-hybridized carbons (Fsp3) is 0. The third-order valence-electron chi connectivity index (χ3n) is 1.89. The topological polar surface area (TPSA) is 36.7 Å². The molecule has 0 spiro atoms. The standard InChI is InChI=1S/C10H5BrN2/c11-10-2-1-7(5-12)8-3-4-13-6-9(8)10/h1-4,6H. The summed E-state index contributed by atoms with van der Waals surface area (Å²) in [6.07, 6.45) is 3.44. The predicted molar refractivity (Wildman–Crippen MR) is 54.2 cm³/mol. The molecule has 0 amide bonds. The lowest BCUT2D eigenvalue weighted by molar-refractivity contribution is 1.36. The van der Waals surface area contributed by atoms with Crippen molar-refractivity contribution in [3.63, 3.8) is 0 Å². The smallest absolute Gasteiger partial charge is 0.0998 e. The maximum Gasteiger partial charge on any atom is 0.0998 e. The van der Waals surface area contributed by atoms with Gasteiger partial charge >= 0.3 is 0 Å². The predicted octanol–water partition coefficient (Wildman–Crippen LogP) is 2.87. The van der Waals surface area contributed by atoms with E-state index in [0.717, 1.165) is 15.2 Å². The molecule has 1 aromatic carbocycles. The van der Waals surface area contributed by atoms with Gasteiger partial charge in [0.05, 0.1) is 11.6 Å². The number of benzene rings is 1. The first kappa shape index (κ1) is 8.21. The molecule has 0 unspecified atom stereocenters. The molecule has 2 aromatic rings. The summed E-state index contributed by atoms with van der Waals surface area (Å²) in [7, 11) is 0. The largest absolute Gasteiger partial charge is 0.264 e. The van der Waals surface area contributed by atoms with Gasteiger partial charge in [0.25, 0.3) is 0 Å². The van der Waals surface area contributed by atoms with Crippen LogP contribution in [0.1, 0.15) is 5.56 Å². The van der Waals surface area contributed by atoms with E-state index in [1.54, 1.807) is 18.5 Å². The highest BCUT2D eigenvalue weighted by atomic mass is 79.9. The first-order valence-electron chi connectivity index (χ1n) is 3.75. The van der Waals surface area contributed by atoms with E-state index >= 15 is 0 Å². The van der Waals surface area contributed by atoms with E-state index < -0.39 is 0 Å². The van der Waals surface area contributed by atoms with Crippen LogP contribution >= 0.6 is 15.9 Å². The maximum atomic E-state index is 8.84. The van der Waals surface area contributed by atoms with Crippen molar-refractivity contribution in [3.8, 4) is 6.07 Å². The second kappa shape index (κ2) is 3.15. The first-order valence-corrected chi connectivity index (χ1v) is 4.54. The fourth-order valence-electron chi connectivity index (χ4n) is 1.25. The van der Waals surface area contributed by atoms with E-state index in [4.69, 9.17) is 5.26 Å². The van der Waals surface area contributed by atoms with Crippen molar-refractivity contribution in [1.29, 1.82) is 5.26 Å². The van der Waals surface area contributed by atoms with Gasteiger partial charge in [0.1, 0.15) is 0 Å². The zero-order valence-electron chi connectivity index (χ0n) is 6.66. The van der Waals surface area contributed by atoms with Crippen molar-refractivity contribution in [2.45, 2.75) is 0 Å². The lowest BCUT2D eigenvalue weighted by atomic mass is 10.1. The molecule has 0 fully saturated rings. The number of rotatable bonds is 0. The quantitative estimate of drug-likeness (QED) is 0.701. The van der Waals surface area contributed by atoms with Crippen LogP contribution < -0.4 is 0 Å². The van der Waals surface area contributed by atoms with Crippen LogP contribution in [-0.2, 0) is 0 Å². The summed E-state index contributed by atoms with van der Waals surface area (Å²) in [5.41, 5.74) is 0.681. The summed E-state index contributed by atoms with van der Waals surface area (Å²) < 4.78 is 0.967. The third kappa shape index (κ3) is 1.30. The van der Waals surface area contributed by atoms with Crippen molar-refractivity contribution in [2.75, 3.05) is 0 Å². The summed E-state index contributed by atoms with van der Waals surface area (Å²) in [6.45, 7) is 0. The van der Waals surface area contributed by atoms with E-state index in [0.29, 0.717) is 5.56 Å². The van der Waals surface area contributed by atoms with Gasteiger partial charge in [-0.15, -0.1) is 0 Å². The van der Waals surface area contributed by atoms with Gasteiger partial charge in [-0.2, -0.15) is 5.26 Å². The van der Waals surface area contributed by atoms with E-state index in [-0.39, 0.29) is 0 Å². The number of hydrogen-bond acceptors (Lipinski definition) is 2. The average molecular weight is 233 g/mol. The molecule has 1 heterocycles. The Hall–Kier alpha value is -1.40. The number of nitriles is 1. The van der Waals surface area contributed by atoms with Gasteiger partial charge in [-0.05, 0) is 18.2 Å².